The van der Waals surface area contributed by atoms with Crippen LogP contribution >= 0.6 is 0 Å². The lowest BCUT2D eigenvalue weighted by Gasteiger charge is -2.20. The molecular formula is C19H25N9. The molecule has 0 radical (unpaired) electrons. The van der Waals surface area contributed by atoms with Gasteiger partial charge in [-0.3, -0.25) is 0 Å². The lowest BCUT2D eigenvalue weighted by atomic mass is 10.2. The third-order valence-corrected chi connectivity index (χ3v) is 4.39. The summed E-state index contributed by atoms with van der Waals surface area (Å²) in [6.45, 7) is 8.12. The fourth-order valence-electron chi connectivity index (χ4n) is 2.96. The SMILES string of the molecule is CCN(CC)c1ccc(-n2nc3cc(C)c(N=C(N)N=C(N)N)cc3n2)cc1. The molecule has 3 aromatic rings. The maximum Gasteiger partial charge on any atom is 0.223 e. The minimum absolute atomic E-state index is 0.0122. The zero-order chi connectivity index (χ0) is 20.3. The highest BCUT2D eigenvalue weighted by atomic mass is 15.5. The fourth-order valence-corrected chi connectivity index (χ4v) is 2.96. The van der Waals surface area contributed by atoms with Crippen LogP contribution in [0.1, 0.15) is 19.4 Å². The lowest BCUT2D eigenvalue weighted by Crippen LogP contribution is -2.26. The van der Waals surface area contributed by atoms with Gasteiger partial charge in [-0.05, 0) is 62.7 Å². The standard InChI is InChI=1S/C19H25N9/c1-4-27(5-2)13-6-8-14(9-7-13)28-25-16-10-12(3)15(11-17(16)26-28)23-19(22)24-18(20)21/h6-11H,4-5H2,1-3H3,(H6,20,21,22,23,24). The molecule has 0 aliphatic carbocycles. The molecule has 0 saturated carbocycles. The second kappa shape index (κ2) is 7.95. The summed E-state index contributed by atoms with van der Waals surface area (Å²) >= 11 is 0. The summed E-state index contributed by atoms with van der Waals surface area (Å²) in [5.74, 6) is -0.152. The van der Waals surface area contributed by atoms with E-state index in [0.29, 0.717) is 11.2 Å². The van der Waals surface area contributed by atoms with E-state index in [1.807, 2.05) is 31.2 Å². The molecular weight excluding hydrogens is 354 g/mol. The van der Waals surface area contributed by atoms with Crippen molar-refractivity contribution >= 4 is 34.3 Å². The Hall–Kier alpha value is -3.62. The van der Waals surface area contributed by atoms with Crippen LogP contribution in [0.25, 0.3) is 16.7 Å². The Kier molecular flexibility index (Phi) is 5.44. The number of anilines is 1. The van der Waals surface area contributed by atoms with Gasteiger partial charge in [-0.25, -0.2) is 4.99 Å². The van der Waals surface area contributed by atoms with E-state index >= 15 is 0 Å². The number of nitrogens with two attached hydrogens (primary N) is 3. The highest BCUT2D eigenvalue weighted by Gasteiger charge is 2.09. The van der Waals surface area contributed by atoms with E-state index in [1.54, 1.807) is 4.80 Å². The Bertz CT molecular complexity index is 1020. The third-order valence-electron chi connectivity index (χ3n) is 4.39. The summed E-state index contributed by atoms with van der Waals surface area (Å²) in [5, 5.41) is 9.14. The molecule has 0 amide bonds. The highest BCUT2D eigenvalue weighted by Crippen LogP contribution is 2.25. The van der Waals surface area contributed by atoms with Crippen molar-refractivity contribution in [2.24, 2.45) is 27.2 Å². The van der Waals surface area contributed by atoms with E-state index in [-0.39, 0.29) is 11.9 Å². The Morgan fingerprint density at radius 2 is 1.61 bits per heavy atom. The van der Waals surface area contributed by atoms with Crippen LogP contribution in [0.5, 0.6) is 0 Å². The number of fused-ring (bicyclic) bond motifs is 1. The van der Waals surface area contributed by atoms with Gasteiger partial charge in [-0.1, -0.05) is 0 Å². The van der Waals surface area contributed by atoms with Crippen LogP contribution in [0.3, 0.4) is 0 Å². The maximum absolute atomic E-state index is 5.73. The molecule has 1 aromatic heterocycles. The molecule has 0 bridgehead atoms. The Balaban J connectivity index is 1.95. The molecule has 0 aliphatic heterocycles. The number of rotatable bonds is 5. The van der Waals surface area contributed by atoms with E-state index in [0.717, 1.165) is 29.9 Å². The van der Waals surface area contributed by atoms with Gasteiger partial charge < -0.3 is 22.1 Å². The molecule has 9 nitrogen and oxygen atoms in total. The second-order valence-electron chi connectivity index (χ2n) is 6.31. The quantitative estimate of drug-likeness (QED) is 0.456. The summed E-state index contributed by atoms with van der Waals surface area (Å²) in [7, 11) is 0. The number of nitrogens with zero attached hydrogens (tertiary/aromatic N) is 6. The number of hydrogen-bond donors (Lipinski definition) is 3. The molecule has 0 spiro atoms. The van der Waals surface area contributed by atoms with E-state index in [4.69, 9.17) is 17.2 Å². The third kappa shape index (κ3) is 4.03. The van der Waals surface area contributed by atoms with Crippen molar-refractivity contribution in [1.29, 1.82) is 0 Å². The highest BCUT2D eigenvalue weighted by molar-refractivity contribution is 5.94. The molecule has 0 fully saturated rings. The number of aromatic nitrogens is 3. The van der Waals surface area contributed by atoms with Gasteiger partial charge in [0.2, 0.25) is 5.96 Å². The molecule has 6 N–H and O–H groups in total. The Labute approximate surface area is 163 Å². The monoisotopic (exact) mass is 379 g/mol. The van der Waals surface area contributed by atoms with Crippen LogP contribution in [-0.2, 0) is 0 Å². The van der Waals surface area contributed by atoms with Crippen LogP contribution in [0, 0.1) is 6.92 Å². The molecule has 0 saturated heterocycles. The normalized spacial score (nSPS) is 11.6. The summed E-state index contributed by atoms with van der Waals surface area (Å²) in [4.78, 5) is 11.9. The van der Waals surface area contributed by atoms with Crippen LogP contribution in [0.2, 0.25) is 0 Å². The minimum Gasteiger partial charge on any atom is -0.372 e. The average molecular weight is 379 g/mol. The van der Waals surface area contributed by atoms with Gasteiger partial charge >= 0.3 is 0 Å². The van der Waals surface area contributed by atoms with E-state index < -0.39 is 0 Å². The van der Waals surface area contributed by atoms with Crippen LogP contribution in [-0.4, -0.2) is 40.0 Å². The first-order chi connectivity index (χ1) is 13.4. The van der Waals surface area contributed by atoms with Crippen molar-refractivity contribution < 1.29 is 0 Å². The average Bonchev–Trinajstić information content (AvgIpc) is 3.05. The summed E-state index contributed by atoms with van der Waals surface area (Å²) in [6.07, 6.45) is 0. The van der Waals surface area contributed by atoms with E-state index in [1.165, 1.54) is 5.69 Å². The van der Waals surface area contributed by atoms with Gasteiger partial charge in [0.25, 0.3) is 0 Å². The van der Waals surface area contributed by atoms with Crippen molar-refractivity contribution in [1.82, 2.24) is 15.0 Å². The molecule has 2 aromatic carbocycles. The fraction of sp³-hybridized carbons (Fsp3) is 0.263. The van der Waals surface area contributed by atoms with Crippen LogP contribution in [0.15, 0.2) is 46.4 Å². The Morgan fingerprint density at radius 3 is 2.18 bits per heavy atom. The summed E-state index contributed by atoms with van der Waals surface area (Å²) < 4.78 is 0. The van der Waals surface area contributed by atoms with Gasteiger partial charge in [-0.2, -0.15) is 9.79 Å². The van der Waals surface area contributed by atoms with Crippen molar-refractivity contribution in [3.8, 4) is 5.69 Å². The first kappa shape index (κ1) is 19.2. The van der Waals surface area contributed by atoms with Gasteiger partial charge in [0.15, 0.2) is 5.96 Å². The van der Waals surface area contributed by atoms with Crippen molar-refractivity contribution in [2.75, 3.05) is 18.0 Å². The number of hydrogen-bond acceptors (Lipinski definition) is 4. The van der Waals surface area contributed by atoms with Crippen molar-refractivity contribution in [3.63, 3.8) is 0 Å². The molecule has 28 heavy (non-hydrogen) atoms. The maximum atomic E-state index is 5.73. The predicted molar refractivity (Wildman–Crippen MR) is 114 cm³/mol. The van der Waals surface area contributed by atoms with Gasteiger partial charge in [-0.15, -0.1) is 10.2 Å². The van der Waals surface area contributed by atoms with Gasteiger partial charge in [0.05, 0.1) is 11.4 Å². The second-order valence-corrected chi connectivity index (χ2v) is 6.31. The largest absolute Gasteiger partial charge is 0.372 e. The zero-order valence-corrected chi connectivity index (χ0v) is 16.3. The predicted octanol–water partition coefficient (Wildman–Crippen LogP) is 1.79. The molecule has 0 atom stereocenters. The number of guanidine groups is 2. The molecule has 146 valence electrons. The van der Waals surface area contributed by atoms with E-state index in [9.17, 15) is 0 Å². The van der Waals surface area contributed by atoms with Crippen molar-refractivity contribution in [2.45, 2.75) is 20.8 Å². The molecule has 9 heteroatoms. The first-order valence-electron chi connectivity index (χ1n) is 9.08. The number of benzene rings is 2. The zero-order valence-electron chi connectivity index (χ0n) is 16.3. The minimum atomic E-state index is -0.140. The Morgan fingerprint density at radius 1 is 1.00 bits per heavy atom. The van der Waals surface area contributed by atoms with Crippen LogP contribution < -0.4 is 22.1 Å². The topological polar surface area (TPSA) is 137 Å². The molecule has 0 aliphatic rings. The lowest BCUT2D eigenvalue weighted by molar-refractivity contribution is 0.765. The molecule has 1 heterocycles. The first-order valence-corrected chi connectivity index (χ1v) is 9.08. The van der Waals surface area contributed by atoms with Crippen molar-refractivity contribution in [3.05, 3.63) is 42.0 Å². The summed E-state index contributed by atoms with van der Waals surface area (Å²) in [5.41, 5.74) is 21.5. The van der Waals surface area contributed by atoms with Gasteiger partial charge in [0, 0.05) is 18.8 Å². The number of aliphatic imine (C=N–C) groups is 2. The van der Waals surface area contributed by atoms with Crippen LogP contribution in [0.4, 0.5) is 11.4 Å². The number of aryl methyl sites for hydroxylation is 1. The molecule has 0 unspecified atom stereocenters. The van der Waals surface area contributed by atoms with Gasteiger partial charge in [0.1, 0.15) is 11.0 Å². The van der Waals surface area contributed by atoms with E-state index in [2.05, 4.69) is 51.1 Å². The smallest absolute Gasteiger partial charge is 0.223 e. The summed E-state index contributed by atoms with van der Waals surface area (Å²) in [6, 6.07) is 11.9. The molecule has 3 rings (SSSR count).